The maximum Gasteiger partial charge on any atom is 0.224 e. The lowest BCUT2D eigenvalue weighted by atomic mass is 9.95. The van der Waals surface area contributed by atoms with Gasteiger partial charge in [0.1, 0.15) is 0 Å². The first-order chi connectivity index (χ1) is 8.59. The Morgan fingerprint density at radius 2 is 2.17 bits per heavy atom. The molecule has 4 heteroatoms. The number of carbonyl (C=O) groups is 1. The number of amides is 1. The molecule has 0 aromatic rings. The molecule has 0 spiro atoms. The summed E-state index contributed by atoms with van der Waals surface area (Å²) in [6.07, 6.45) is 4.42. The van der Waals surface area contributed by atoms with Crippen LogP contribution in [-0.2, 0) is 9.53 Å². The number of piperidine rings is 1. The number of ether oxygens (including phenoxy) is 1. The van der Waals surface area contributed by atoms with Crippen LogP contribution in [0.15, 0.2) is 0 Å². The minimum atomic E-state index is 0.160. The van der Waals surface area contributed by atoms with Crippen LogP contribution < -0.4 is 10.6 Å². The lowest BCUT2D eigenvalue weighted by molar-refractivity contribution is -0.125. The zero-order chi connectivity index (χ0) is 13.4. The lowest BCUT2D eigenvalue weighted by Gasteiger charge is -2.26. The van der Waals surface area contributed by atoms with Crippen LogP contribution in [-0.4, -0.2) is 37.7 Å². The van der Waals surface area contributed by atoms with Crippen LogP contribution in [0, 0.1) is 5.92 Å². The van der Waals surface area contributed by atoms with Gasteiger partial charge in [0.2, 0.25) is 5.91 Å². The summed E-state index contributed by atoms with van der Waals surface area (Å²) in [5.74, 6) is 0.368. The fraction of sp³-hybridized carbons (Fsp3) is 0.929. The molecule has 0 saturated carbocycles. The van der Waals surface area contributed by atoms with E-state index in [1.807, 2.05) is 13.8 Å². The van der Waals surface area contributed by atoms with Gasteiger partial charge in [-0.25, -0.2) is 0 Å². The summed E-state index contributed by atoms with van der Waals surface area (Å²) in [6.45, 7) is 8.63. The van der Waals surface area contributed by atoms with Crippen molar-refractivity contribution in [3.05, 3.63) is 0 Å². The van der Waals surface area contributed by atoms with Crippen molar-refractivity contribution in [3.8, 4) is 0 Å². The second-order valence-corrected chi connectivity index (χ2v) is 5.50. The molecule has 1 aliphatic rings. The third-order valence-electron chi connectivity index (χ3n) is 3.35. The molecule has 106 valence electrons. The van der Waals surface area contributed by atoms with Crippen LogP contribution in [0.1, 0.15) is 46.5 Å². The molecule has 0 aromatic heterocycles. The molecule has 1 saturated heterocycles. The minimum absolute atomic E-state index is 0.160. The molecule has 2 N–H and O–H groups in total. The van der Waals surface area contributed by atoms with Crippen molar-refractivity contribution in [2.45, 2.75) is 58.6 Å². The summed E-state index contributed by atoms with van der Waals surface area (Å²) in [4.78, 5) is 11.9. The van der Waals surface area contributed by atoms with Crippen molar-refractivity contribution >= 4 is 5.91 Å². The van der Waals surface area contributed by atoms with Gasteiger partial charge in [0, 0.05) is 25.7 Å². The summed E-state index contributed by atoms with van der Waals surface area (Å²) in [6, 6.07) is 0.558. The Hall–Kier alpha value is -0.610. The topological polar surface area (TPSA) is 50.4 Å². The van der Waals surface area contributed by atoms with E-state index >= 15 is 0 Å². The molecule has 2 unspecified atom stereocenters. The van der Waals surface area contributed by atoms with Crippen molar-refractivity contribution in [3.63, 3.8) is 0 Å². The van der Waals surface area contributed by atoms with Crippen LogP contribution in [0.2, 0.25) is 0 Å². The molecule has 0 bridgehead atoms. The highest BCUT2D eigenvalue weighted by Gasteiger charge is 2.23. The van der Waals surface area contributed by atoms with Crippen molar-refractivity contribution < 1.29 is 9.53 Å². The molecule has 1 rings (SSSR count). The predicted octanol–water partition coefficient (Wildman–Crippen LogP) is 1.70. The van der Waals surface area contributed by atoms with Crippen LogP contribution in [0.4, 0.5) is 0 Å². The Morgan fingerprint density at radius 3 is 2.78 bits per heavy atom. The van der Waals surface area contributed by atoms with Crippen LogP contribution >= 0.6 is 0 Å². The monoisotopic (exact) mass is 256 g/mol. The molecule has 1 amide bonds. The SMILES string of the molecule is CC1CCC(C(=O)NCCCCOC(C)C)CN1. The smallest absolute Gasteiger partial charge is 0.224 e. The van der Waals surface area contributed by atoms with E-state index in [2.05, 4.69) is 17.6 Å². The largest absolute Gasteiger partial charge is 0.379 e. The number of unbranched alkanes of at least 4 members (excludes halogenated alkanes) is 1. The zero-order valence-corrected chi connectivity index (χ0v) is 12.0. The van der Waals surface area contributed by atoms with Crippen molar-refractivity contribution in [1.29, 1.82) is 0 Å². The molecule has 0 radical (unpaired) electrons. The van der Waals surface area contributed by atoms with E-state index in [1.54, 1.807) is 0 Å². The summed E-state index contributed by atoms with van der Waals surface area (Å²) in [7, 11) is 0. The number of hydrogen-bond acceptors (Lipinski definition) is 3. The van der Waals surface area contributed by atoms with E-state index in [0.717, 1.165) is 45.4 Å². The Balaban J connectivity index is 2.00. The van der Waals surface area contributed by atoms with Gasteiger partial charge < -0.3 is 15.4 Å². The van der Waals surface area contributed by atoms with Gasteiger partial charge in [0.25, 0.3) is 0 Å². The first-order valence-electron chi connectivity index (χ1n) is 7.22. The van der Waals surface area contributed by atoms with E-state index in [-0.39, 0.29) is 11.8 Å². The van der Waals surface area contributed by atoms with Gasteiger partial charge in [0.05, 0.1) is 12.0 Å². The van der Waals surface area contributed by atoms with Crippen LogP contribution in [0.3, 0.4) is 0 Å². The van der Waals surface area contributed by atoms with E-state index < -0.39 is 0 Å². The van der Waals surface area contributed by atoms with Crippen molar-refractivity contribution in [2.75, 3.05) is 19.7 Å². The number of rotatable bonds is 7. The standard InChI is InChI=1S/C14H28N2O2/c1-11(2)18-9-5-4-8-15-14(17)13-7-6-12(3)16-10-13/h11-13,16H,4-10H2,1-3H3,(H,15,17). The number of nitrogens with one attached hydrogen (secondary N) is 2. The average molecular weight is 256 g/mol. The first kappa shape index (κ1) is 15.4. The molecular formula is C14H28N2O2. The van der Waals surface area contributed by atoms with E-state index in [1.165, 1.54) is 0 Å². The van der Waals surface area contributed by atoms with E-state index in [0.29, 0.717) is 12.1 Å². The quantitative estimate of drug-likeness (QED) is 0.682. The number of carbonyl (C=O) groups excluding carboxylic acids is 1. The number of hydrogen-bond donors (Lipinski definition) is 2. The molecule has 0 aliphatic carbocycles. The lowest BCUT2D eigenvalue weighted by Crippen LogP contribution is -2.44. The fourth-order valence-corrected chi connectivity index (χ4v) is 2.12. The maximum atomic E-state index is 11.9. The first-order valence-corrected chi connectivity index (χ1v) is 7.22. The third kappa shape index (κ3) is 6.36. The van der Waals surface area contributed by atoms with Crippen LogP contribution in [0.25, 0.3) is 0 Å². The normalized spacial score (nSPS) is 24.2. The molecule has 1 heterocycles. The highest BCUT2D eigenvalue weighted by atomic mass is 16.5. The van der Waals surface area contributed by atoms with Gasteiger partial charge in [-0.1, -0.05) is 0 Å². The Labute approximate surface area is 111 Å². The van der Waals surface area contributed by atoms with Gasteiger partial charge in [-0.2, -0.15) is 0 Å². The molecule has 18 heavy (non-hydrogen) atoms. The summed E-state index contributed by atoms with van der Waals surface area (Å²) in [5, 5.41) is 6.38. The highest BCUT2D eigenvalue weighted by molar-refractivity contribution is 5.78. The predicted molar refractivity (Wildman–Crippen MR) is 73.5 cm³/mol. The van der Waals surface area contributed by atoms with Crippen molar-refractivity contribution in [1.82, 2.24) is 10.6 Å². The van der Waals surface area contributed by atoms with E-state index in [9.17, 15) is 4.79 Å². The molecule has 0 aromatic carbocycles. The Bertz CT molecular complexity index is 236. The second-order valence-electron chi connectivity index (χ2n) is 5.50. The van der Waals surface area contributed by atoms with Gasteiger partial charge >= 0.3 is 0 Å². The maximum absolute atomic E-state index is 11.9. The van der Waals surface area contributed by atoms with E-state index in [4.69, 9.17) is 4.74 Å². The Kier molecular flexibility index (Phi) is 7.28. The summed E-state index contributed by atoms with van der Waals surface area (Å²) < 4.78 is 5.45. The van der Waals surface area contributed by atoms with Gasteiger partial charge in [0.15, 0.2) is 0 Å². The molecule has 1 aliphatic heterocycles. The third-order valence-corrected chi connectivity index (χ3v) is 3.35. The molecule has 4 nitrogen and oxygen atoms in total. The molecule has 2 atom stereocenters. The molecule has 1 fully saturated rings. The van der Waals surface area contributed by atoms with Crippen LogP contribution in [0.5, 0.6) is 0 Å². The summed E-state index contributed by atoms with van der Waals surface area (Å²) in [5.41, 5.74) is 0. The highest BCUT2D eigenvalue weighted by Crippen LogP contribution is 2.13. The molecular weight excluding hydrogens is 228 g/mol. The minimum Gasteiger partial charge on any atom is -0.379 e. The average Bonchev–Trinajstić information content (AvgIpc) is 2.34. The van der Waals surface area contributed by atoms with Crippen molar-refractivity contribution in [2.24, 2.45) is 5.92 Å². The fourth-order valence-electron chi connectivity index (χ4n) is 2.12. The Morgan fingerprint density at radius 1 is 1.39 bits per heavy atom. The van der Waals surface area contributed by atoms with Gasteiger partial charge in [-0.05, 0) is 46.5 Å². The van der Waals surface area contributed by atoms with Gasteiger partial charge in [-0.15, -0.1) is 0 Å². The summed E-state index contributed by atoms with van der Waals surface area (Å²) >= 11 is 0. The zero-order valence-electron chi connectivity index (χ0n) is 12.0. The van der Waals surface area contributed by atoms with Gasteiger partial charge in [-0.3, -0.25) is 4.79 Å². The second kappa shape index (κ2) is 8.48.